The molecule has 0 spiro atoms. The number of ether oxygens (including phenoxy) is 1. The molecule has 0 amide bonds. The highest BCUT2D eigenvalue weighted by molar-refractivity contribution is 5.95. The molecule has 19 heteroatoms. The molecule has 2 aliphatic rings. The standard InChI is InChI=1S/C26H33N5O4.2C2HF3O2/c27-26(28)19-4-3-17(5-6-23(32)33)22(16-19)35-25(21-2-1-11-30-21)24(34)18-9-14-31(15-10-18)20-7-12-29-13-8-20;2*3-2(4,5)1(6)7/h3-4,7-8,12-13,16,18,21,25,30H,1-2,5-6,9-11,14-15H2,(H3,27,28)(H,32,33);2*(H,6,7)/t21-,25?;;/m1../s1. The van der Waals surface area contributed by atoms with Gasteiger partial charge in [-0.2, -0.15) is 26.3 Å². The highest BCUT2D eigenvalue weighted by Crippen LogP contribution is 2.30. The van der Waals surface area contributed by atoms with Crippen LogP contribution in [0.25, 0.3) is 0 Å². The molecule has 0 aliphatic carbocycles. The molecule has 2 fully saturated rings. The fourth-order valence-corrected chi connectivity index (χ4v) is 4.93. The zero-order valence-corrected chi connectivity index (χ0v) is 25.8. The van der Waals surface area contributed by atoms with Gasteiger partial charge in [-0.25, -0.2) is 9.59 Å². The summed E-state index contributed by atoms with van der Waals surface area (Å²) in [6.45, 7) is 2.40. The van der Waals surface area contributed by atoms with Gasteiger partial charge in [0.25, 0.3) is 0 Å². The number of ketones is 1. The summed E-state index contributed by atoms with van der Waals surface area (Å²) in [7, 11) is 0. The fraction of sp³-hybridized carbons (Fsp3) is 0.467. The van der Waals surface area contributed by atoms with Crippen LogP contribution in [0.15, 0.2) is 42.7 Å². The maximum absolute atomic E-state index is 13.8. The molecule has 2 atom stereocenters. The SMILES string of the molecule is N=C(N)c1ccc(CCC(=O)O)c(OC(C(=O)C2CCN(c3ccncc3)CC2)[C@H]2CCCN2)c1.O=C(O)C(F)(F)F.O=C(O)C(F)(F)F. The average molecular weight is 708 g/mol. The van der Waals surface area contributed by atoms with Crippen LogP contribution in [0.5, 0.6) is 5.75 Å². The smallest absolute Gasteiger partial charge is 0.481 e. The molecule has 7 N–H and O–H groups in total. The molecule has 0 saturated carbocycles. The third kappa shape index (κ3) is 13.2. The van der Waals surface area contributed by atoms with Gasteiger partial charge in [-0.3, -0.25) is 20.0 Å². The number of aliphatic carboxylic acids is 3. The lowest BCUT2D eigenvalue weighted by molar-refractivity contribution is -0.193. The van der Waals surface area contributed by atoms with Gasteiger partial charge in [-0.15, -0.1) is 0 Å². The van der Waals surface area contributed by atoms with Gasteiger partial charge in [0.2, 0.25) is 0 Å². The highest BCUT2D eigenvalue weighted by Gasteiger charge is 2.39. The first kappa shape index (κ1) is 40.2. The molecule has 3 heterocycles. The first-order chi connectivity index (χ1) is 22.8. The molecule has 0 radical (unpaired) electrons. The predicted molar refractivity (Wildman–Crippen MR) is 160 cm³/mol. The summed E-state index contributed by atoms with van der Waals surface area (Å²) in [5, 5.41) is 34.6. The van der Waals surface area contributed by atoms with E-state index in [1.165, 1.54) is 0 Å². The van der Waals surface area contributed by atoms with E-state index >= 15 is 0 Å². The van der Waals surface area contributed by atoms with Crippen LogP contribution >= 0.6 is 0 Å². The number of carbonyl (C=O) groups is 4. The molecule has 1 aromatic carbocycles. The average Bonchev–Trinajstić information content (AvgIpc) is 3.57. The van der Waals surface area contributed by atoms with E-state index in [9.17, 15) is 35.9 Å². The van der Waals surface area contributed by atoms with Crippen LogP contribution in [0.3, 0.4) is 0 Å². The monoisotopic (exact) mass is 707 g/mol. The van der Waals surface area contributed by atoms with Crippen molar-refractivity contribution in [3.05, 3.63) is 53.9 Å². The first-order valence-electron chi connectivity index (χ1n) is 14.7. The third-order valence-electron chi connectivity index (χ3n) is 7.39. The number of hydrogen-bond acceptors (Lipinski definition) is 9. The lowest BCUT2D eigenvalue weighted by Gasteiger charge is -2.35. The summed E-state index contributed by atoms with van der Waals surface area (Å²) in [5.74, 6) is -6.13. The second-order valence-electron chi connectivity index (χ2n) is 10.8. The Bertz CT molecular complexity index is 1420. The Balaban J connectivity index is 0.000000500. The molecule has 49 heavy (non-hydrogen) atoms. The van der Waals surface area contributed by atoms with E-state index in [1.807, 2.05) is 12.1 Å². The number of nitrogens with one attached hydrogen (secondary N) is 2. The van der Waals surface area contributed by atoms with Gasteiger partial charge in [0, 0.05) is 49.1 Å². The minimum atomic E-state index is -5.08. The van der Waals surface area contributed by atoms with Crippen molar-refractivity contribution >= 4 is 35.2 Å². The summed E-state index contributed by atoms with van der Waals surface area (Å²) in [6.07, 6.45) is -3.78. The Kier molecular flexibility index (Phi) is 14.8. The van der Waals surface area contributed by atoms with Crippen molar-refractivity contribution in [1.29, 1.82) is 5.41 Å². The van der Waals surface area contributed by atoms with E-state index in [4.69, 9.17) is 40.8 Å². The van der Waals surface area contributed by atoms with Crippen LogP contribution in [0.4, 0.5) is 32.0 Å². The summed E-state index contributed by atoms with van der Waals surface area (Å²) >= 11 is 0. The minimum Gasteiger partial charge on any atom is -0.481 e. The topological polar surface area (TPSA) is 216 Å². The number of halogens is 6. The Hall–Kier alpha value is -4.94. The van der Waals surface area contributed by atoms with Crippen molar-refractivity contribution < 1.29 is 65.6 Å². The normalized spacial score (nSPS) is 17.0. The fourth-order valence-electron chi connectivity index (χ4n) is 4.93. The van der Waals surface area contributed by atoms with Gasteiger partial charge in [0.05, 0.1) is 6.04 Å². The Labute approximate surface area is 275 Å². The third-order valence-corrected chi connectivity index (χ3v) is 7.39. The number of aromatic nitrogens is 1. The van der Waals surface area contributed by atoms with Crippen molar-refractivity contribution in [2.75, 3.05) is 24.5 Å². The second kappa shape index (κ2) is 18.0. The van der Waals surface area contributed by atoms with Crippen LogP contribution in [-0.4, -0.2) is 94.0 Å². The quantitative estimate of drug-likeness (QED) is 0.119. The zero-order chi connectivity index (χ0) is 36.9. The van der Waals surface area contributed by atoms with E-state index in [0.717, 1.165) is 51.0 Å². The van der Waals surface area contributed by atoms with E-state index in [2.05, 4.69) is 15.2 Å². The first-order valence-corrected chi connectivity index (χ1v) is 14.7. The molecule has 13 nitrogen and oxygen atoms in total. The van der Waals surface area contributed by atoms with Crippen LogP contribution in [0, 0.1) is 11.3 Å². The van der Waals surface area contributed by atoms with Crippen molar-refractivity contribution in [3.8, 4) is 5.75 Å². The number of carbonyl (C=O) groups excluding carboxylic acids is 1. The number of Topliss-reactive ketones (excluding diaryl/α,β-unsaturated/α-hetero) is 1. The zero-order valence-electron chi connectivity index (χ0n) is 25.8. The van der Waals surface area contributed by atoms with Crippen LogP contribution < -0.4 is 20.7 Å². The summed E-state index contributed by atoms with van der Waals surface area (Å²) in [6, 6.07) is 8.95. The maximum Gasteiger partial charge on any atom is 0.490 e. The molecule has 2 saturated heterocycles. The number of amidine groups is 1. The summed E-state index contributed by atoms with van der Waals surface area (Å²) in [5.41, 5.74) is 7.98. The van der Waals surface area contributed by atoms with Crippen molar-refractivity contribution in [2.24, 2.45) is 11.7 Å². The highest BCUT2D eigenvalue weighted by atomic mass is 19.4. The van der Waals surface area contributed by atoms with E-state index in [1.54, 1.807) is 30.6 Å². The van der Waals surface area contributed by atoms with Gasteiger partial charge in [0.15, 0.2) is 11.9 Å². The molecule has 2 aliphatic heterocycles. The largest absolute Gasteiger partial charge is 0.490 e. The number of nitrogen functional groups attached to an aromatic ring is 1. The van der Waals surface area contributed by atoms with Gasteiger partial charge in [-0.1, -0.05) is 12.1 Å². The van der Waals surface area contributed by atoms with Gasteiger partial charge >= 0.3 is 30.3 Å². The van der Waals surface area contributed by atoms with Crippen LogP contribution in [0.2, 0.25) is 0 Å². The number of anilines is 1. The number of rotatable bonds is 10. The number of benzene rings is 1. The number of piperidine rings is 1. The van der Waals surface area contributed by atoms with Crippen LogP contribution in [-0.2, 0) is 25.6 Å². The number of carboxylic acids is 3. The summed E-state index contributed by atoms with van der Waals surface area (Å²) < 4.78 is 69.9. The van der Waals surface area contributed by atoms with Gasteiger partial charge in [0.1, 0.15) is 11.6 Å². The van der Waals surface area contributed by atoms with Gasteiger partial charge < -0.3 is 36.0 Å². The van der Waals surface area contributed by atoms with Crippen molar-refractivity contribution in [3.63, 3.8) is 0 Å². The van der Waals surface area contributed by atoms with E-state index in [-0.39, 0.29) is 36.4 Å². The molecule has 4 rings (SSSR count). The Morgan fingerprint density at radius 1 is 0.959 bits per heavy atom. The Morgan fingerprint density at radius 3 is 1.96 bits per heavy atom. The molecule has 2 aromatic rings. The summed E-state index contributed by atoms with van der Waals surface area (Å²) in [4.78, 5) is 49.1. The molecule has 0 bridgehead atoms. The van der Waals surface area contributed by atoms with Crippen LogP contribution in [0.1, 0.15) is 43.2 Å². The molecular formula is C30H35F6N5O8. The molecule has 270 valence electrons. The van der Waals surface area contributed by atoms with Gasteiger partial charge in [-0.05, 0) is 62.4 Å². The maximum atomic E-state index is 13.8. The predicted octanol–water partition coefficient (Wildman–Crippen LogP) is 3.63. The number of aryl methyl sites for hydroxylation is 1. The molecule has 1 aromatic heterocycles. The number of carboxylic acid groups (broad SMARTS) is 3. The van der Waals surface area contributed by atoms with E-state index in [0.29, 0.717) is 16.9 Å². The Morgan fingerprint density at radius 2 is 1.51 bits per heavy atom. The minimum absolute atomic E-state index is 0.0520. The lowest BCUT2D eigenvalue weighted by atomic mass is 9.87. The van der Waals surface area contributed by atoms with Crippen molar-refractivity contribution in [2.45, 2.75) is 63.0 Å². The van der Waals surface area contributed by atoms with E-state index < -0.39 is 36.4 Å². The molecular weight excluding hydrogens is 672 g/mol. The lowest BCUT2D eigenvalue weighted by Crippen LogP contribution is -2.49. The number of nitrogens with two attached hydrogens (primary N) is 1. The number of alkyl halides is 6. The molecule has 1 unspecified atom stereocenters. The number of pyridine rings is 1. The number of nitrogens with zero attached hydrogens (tertiary/aromatic N) is 2. The van der Waals surface area contributed by atoms with Crippen molar-refractivity contribution in [1.82, 2.24) is 10.3 Å². The number of hydrogen-bond donors (Lipinski definition) is 6. The second-order valence-corrected chi connectivity index (χ2v) is 10.8.